The molecule has 2 rings (SSSR count). The quantitative estimate of drug-likeness (QED) is 0.934. The molecule has 0 saturated heterocycles. The van der Waals surface area contributed by atoms with Crippen LogP contribution in [-0.4, -0.2) is 19.6 Å². The highest BCUT2D eigenvalue weighted by Crippen LogP contribution is 2.21. The molecule has 0 amide bonds. The largest absolute Gasteiger partial charge is 0.325 e. The molecule has 5 nitrogen and oxygen atoms in total. The van der Waals surface area contributed by atoms with Crippen molar-refractivity contribution in [2.45, 2.75) is 33.5 Å². The van der Waals surface area contributed by atoms with Crippen molar-refractivity contribution < 1.29 is 0 Å². The van der Waals surface area contributed by atoms with E-state index >= 15 is 0 Å². The topological polar surface area (TPSA) is 61.7 Å². The third-order valence-corrected chi connectivity index (χ3v) is 3.70. The Hall–Kier alpha value is -1.14. The smallest absolute Gasteiger partial charge is 0.0839 e. The maximum absolute atomic E-state index is 5.54. The number of hydrogen-bond donors (Lipinski definition) is 1. The van der Waals surface area contributed by atoms with Gasteiger partial charge >= 0.3 is 0 Å². The van der Waals surface area contributed by atoms with Gasteiger partial charge in [0.1, 0.15) is 0 Å². The lowest BCUT2D eigenvalue weighted by Gasteiger charge is -2.05. The van der Waals surface area contributed by atoms with Crippen LogP contribution in [0.5, 0.6) is 0 Å². The molecule has 0 bridgehead atoms. The summed E-state index contributed by atoms with van der Waals surface area (Å²) in [6.07, 6.45) is 1.94. The SMILES string of the molecule is CCn1nc(C)c(Br)c1Cn1ccc(CN)n1. The van der Waals surface area contributed by atoms with E-state index in [1.807, 2.05) is 28.6 Å². The van der Waals surface area contributed by atoms with Crippen molar-refractivity contribution in [1.82, 2.24) is 19.6 Å². The molecule has 0 aliphatic carbocycles. The summed E-state index contributed by atoms with van der Waals surface area (Å²) in [5.41, 5.74) is 8.59. The Bertz CT molecular complexity index is 514. The summed E-state index contributed by atoms with van der Waals surface area (Å²) < 4.78 is 4.93. The van der Waals surface area contributed by atoms with Gasteiger partial charge in [0.05, 0.1) is 28.1 Å². The van der Waals surface area contributed by atoms with Crippen LogP contribution in [0.4, 0.5) is 0 Å². The maximum Gasteiger partial charge on any atom is 0.0839 e. The molecule has 0 spiro atoms. The van der Waals surface area contributed by atoms with Crippen LogP contribution in [0.15, 0.2) is 16.7 Å². The molecule has 0 aromatic carbocycles. The van der Waals surface area contributed by atoms with E-state index in [-0.39, 0.29) is 0 Å². The summed E-state index contributed by atoms with van der Waals surface area (Å²) in [6, 6.07) is 1.94. The van der Waals surface area contributed by atoms with Gasteiger partial charge < -0.3 is 5.73 Å². The standard InChI is InChI=1S/C11H16BrN5/c1-3-17-10(11(12)8(2)14-17)7-16-5-4-9(6-13)15-16/h4-5H,3,6-7,13H2,1-2H3. The number of halogens is 1. The average molecular weight is 298 g/mol. The molecule has 6 heteroatoms. The zero-order valence-corrected chi connectivity index (χ0v) is 11.6. The third kappa shape index (κ3) is 2.42. The molecule has 0 aliphatic rings. The number of aryl methyl sites for hydroxylation is 2. The lowest BCUT2D eigenvalue weighted by Crippen LogP contribution is -2.09. The van der Waals surface area contributed by atoms with Crippen molar-refractivity contribution in [3.63, 3.8) is 0 Å². The lowest BCUT2D eigenvalue weighted by molar-refractivity contribution is 0.571. The van der Waals surface area contributed by atoms with Crippen LogP contribution < -0.4 is 5.73 Å². The molecule has 0 aliphatic heterocycles. The number of hydrogen-bond acceptors (Lipinski definition) is 3. The molecule has 17 heavy (non-hydrogen) atoms. The molecule has 0 radical (unpaired) electrons. The highest BCUT2D eigenvalue weighted by molar-refractivity contribution is 9.10. The average Bonchev–Trinajstić information content (AvgIpc) is 2.89. The molecular formula is C11H16BrN5. The Morgan fingerprint density at radius 2 is 2.18 bits per heavy atom. The van der Waals surface area contributed by atoms with Crippen molar-refractivity contribution in [2.24, 2.45) is 5.73 Å². The predicted molar refractivity (Wildman–Crippen MR) is 69.6 cm³/mol. The summed E-state index contributed by atoms with van der Waals surface area (Å²) >= 11 is 3.57. The van der Waals surface area contributed by atoms with Crippen LogP contribution in [0.2, 0.25) is 0 Å². The molecule has 2 aromatic rings. The van der Waals surface area contributed by atoms with E-state index in [1.165, 1.54) is 0 Å². The molecule has 0 fully saturated rings. The molecule has 92 valence electrons. The number of rotatable bonds is 4. The highest BCUT2D eigenvalue weighted by Gasteiger charge is 2.12. The maximum atomic E-state index is 5.54. The van der Waals surface area contributed by atoms with Crippen molar-refractivity contribution in [2.75, 3.05) is 0 Å². The summed E-state index contributed by atoms with van der Waals surface area (Å²) in [4.78, 5) is 0. The molecule has 2 N–H and O–H groups in total. The van der Waals surface area contributed by atoms with Crippen molar-refractivity contribution >= 4 is 15.9 Å². The van der Waals surface area contributed by atoms with Crippen molar-refractivity contribution in [1.29, 1.82) is 0 Å². The first-order valence-corrected chi connectivity index (χ1v) is 6.39. The van der Waals surface area contributed by atoms with Gasteiger partial charge in [-0.15, -0.1) is 0 Å². The minimum Gasteiger partial charge on any atom is -0.325 e. The van der Waals surface area contributed by atoms with E-state index in [1.54, 1.807) is 0 Å². The fourth-order valence-corrected chi connectivity index (χ4v) is 2.18. The van der Waals surface area contributed by atoms with Crippen LogP contribution in [0.3, 0.4) is 0 Å². The van der Waals surface area contributed by atoms with Gasteiger partial charge in [0, 0.05) is 19.3 Å². The van der Waals surface area contributed by atoms with Gasteiger partial charge in [-0.3, -0.25) is 9.36 Å². The summed E-state index contributed by atoms with van der Waals surface area (Å²) in [7, 11) is 0. The molecule has 0 atom stereocenters. The fourth-order valence-electron chi connectivity index (χ4n) is 1.77. The molecular weight excluding hydrogens is 282 g/mol. The zero-order chi connectivity index (χ0) is 12.4. The normalized spacial score (nSPS) is 11.1. The summed E-state index contributed by atoms with van der Waals surface area (Å²) in [5.74, 6) is 0. The second kappa shape index (κ2) is 5.01. The van der Waals surface area contributed by atoms with Crippen molar-refractivity contribution in [3.05, 3.63) is 33.8 Å². The highest BCUT2D eigenvalue weighted by atomic mass is 79.9. The Balaban J connectivity index is 2.28. The van der Waals surface area contributed by atoms with E-state index in [0.717, 1.165) is 28.1 Å². The Morgan fingerprint density at radius 3 is 2.76 bits per heavy atom. The molecule has 0 unspecified atom stereocenters. The van der Waals surface area contributed by atoms with Gasteiger partial charge in [-0.2, -0.15) is 10.2 Å². The van der Waals surface area contributed by atoms with Gasteiger partial charge in [0.25, 0.3) is 0 Å². The van der Waals surface area contributed by atoms with Crippen LogP contribution in [0.25, 0.3) is 0 Å². The number of nitrogens with two attached hydrogens (primary N) is 1. The fraction of sp³-hybridized carbons (Fsp3) is 0.455. The number of nitrogens with zero attached hydrogens (tertiary/aromatic N) is 4. The van der Waals surface area contributed by atoms with E-state index in [2.05, 4.69) is 33.1 Å². The second-order valence-corrected chi connectivity index (χ2v) is 4.66. The minimum atomic E-state index is 0.472. The Kier molecular flexibility index (Phi) is 3.63. The van der Waals surface area contributed by atoms with Crippen LogP contribution >= 0.6 is 15.9 Å². The minimum absolute atomic E-state index is 0.472. The van der Waals surface area contributed by atoms with E-state index in [9.17, 15) is 0 Å². The van der Waals surface area contributed by atoms with E-state index in [0.29, 0.717) is 13.1 Å². The van der Waals surface area contributed by atoms with E-state index < -0.39 is 0 Å². The second-order valence-electron chi connectivity index (χ2n) is 3.87. The Morgan fingerprint density at radius 1 is 1.41 bits per heavy atom. The zero-order valence-electron chi connectivity index (χ0n) is 10.0. The van der Waals surface area contributed by atoms with Gasteiger partial charge in [-0.1, -0.05) is 0 Å². The van der Waals surface area contributed by atoms with Crippen molar-refractivity contribution in [3.8, 4) is 0 Å². The van der Waals surface area contributed by atoms with Gasteiger partial charge in [-0.25, -0.2) is 0 Å². The Labute approximate surface area is 109 Å². The van der Waals surface area contributed by atoms with Gasteiger partial charge in [0.2, 0.25) is 0 Å². The molecule has 2 aromatic heterocycles. The lowest BCUT2D eigenvalue weighted by atomic mass is 10.3. The first-order chi connectivity index (χ1) is 8.15. The third-order valence-electron chi connectivity index (χ3n) is 2.67. The van der Waals surface area contributed by atoms with Gasteiger partial charge in [-0.05, 0) is 35.8 Å². The monoisotopic (exact) mass is 297 g/mol. The first kappa shape index (κ1) is 12.3. The van der Waals surface area contributed by atoms with Crippen LogP contribution in [-0.2, 0) is 19.6 Å². The van der Waals surface area contributed by atoms with E-state index in [4.69, 9.17) is 5.73 Å². The predicted octanol–water partition coefficient (Wildman–Crippen LogP) is 1.68. The number of aromatic nitrogens is 4. The summed E-state index contributed by atoms with van der Waals surface area (Å²) in [6.45, 7) is 6.10. The molecule has 0 saturated carbocycles. The van der Waals surface area contributed by atoms with Crippen LogP contribution in [0, 0.1) is 6.92 Å². The van der Waals surface area contributed by atoms with Crippen LogP contribution in [0.1, 0.15) is 24.0 Å². The van der Waals surface area contributed by atoms with Gasteiger partial charge in [0.15, 0.2) is 0 Å². The first-order valence-electron chi connectivity index (χ1n) is 5.59. The molecule has 2 heterocycles. The summed E-state index contributed by atoms with van der Waals surface area (Å²) in [5, 5.41) is 8.84.